The standard InChI is InChI=1S/C12H19N5O3/c1-8(9-3-4-9)16(2)12(20)13-5-10-6-17(15-14-10)7-11(18)19/h6,8-9H,3-5,7H2,1-2H3,(H,13,20)(H,18,19). The molecule has 0 radical (unpaired) electrons. The summed E-state index contributed by atoms with van der Waals surface area (Å²) < 4.78 is 1.22. The van der Waals surface area contributed by atoms with Crippen molar-refractivity contribution in [3.63, 3.8) is 0 Å². The third-order valence-electron chi connectivity index (χ3n) is 3.54. The number of carboxylic acids is 1. The van der Waals surface area contributed by atoms with Crippen LogP contribution in [-0.2, 0) is 17.9 Å². The Bertz CT molecular complexity index is 497. The van der Waals surface area contributed by atoms with Gasteiger partial charge in [0.25, 0.3) is 0 Å². The maximum absolute atomic E-state index is 11.9. The Hall–Kier alpha value is -2.12. The van der Waals surface area contributed by atoms with E-state index in [1.54, 1.807) is 11.9 Å². The molecule has 20 heavy (non-hydrogen) atoms. The largest absolute Gasteiger partial charge is 0.480 e. The Morgan fingerprint density at radius 2 is 2.30 bits per heavy atom. The maximum Gasteiger partial charge on any atom is 0.325 e. The highest BCUT2D eigenvalue weighted by Gasteiger charge is 2.32. The molecule has 2 rings (SSSR count). The van der Waals surface area contributed by atoms with Crippen LogP contribution in [0.1, 0.15) is 25.5 Å². The summed E-state index contributed by atoms with van der Waals surface area (Å²) in [6.07, 6.45) is 3.88. The van der Waals surface area contributed by atoms with Gasteiger partial charge in [-0.05, 0) is 25.7 Å². The highest BCUT2D eigenvalue weighted by Crippen LogP contribution is 2.34. The number of nitrogens with zero attached hydrogens (tertiary/aromatic N) is 4. The number of carboxylic acid groups (broad SMARTS) is 1. The van der Waals surface area contributed by atoms with Crippen molar-refractivity contribution >= 4 is 12.0 Å². The van der Waals surface area contributed by atoms with E-state index in [2.05, 4.69) is 15.6 Å². The van der Waals surface area contributed by atoms with Crippen molar-refractivity contribution in [3.8, 4) is 0 Å². The minimum absolute atomic E-state index is 0.155. The molecule has 0 aromatic carbocycles. The van der Waals surface area contributed by atoms with Gasteiger partial charge in [-0.15, -0.1) is 5.10 Å². The van der Waals surface area contributed by atoms with Crippen LogP contribution >= 0.6 is 0 Å². The molecule has 1 aliphatic rings. The summed E-state index contributed by atoms with van der Waals surface area (Å²) in [6.45, 7) is 2.04. The molecule has 1 atom stereocenters. The second kappa shape index (κ2) is 5.89. The van der Waals surface area contributed by atoms with Crippen LogP contribution in [0.5, 0.6) is 0 Å². The lowest BCUT2D eigenvalue weighted by atomic mass is 10.2. The summed E-state index contributed by atoms with van der Waals surface area (Å²) >= 11 is 0. The number of hydrogen-bond acceptors (Lipinski definition) is 4. The first-order valence-corrected chi connectivity index (χ1v) is 6.59. The fourth-order valence-corrected chi connectivity index (χ4v) is 2.01. The van der Waals surface area contributed by atoms with Gasteiger partial charge in [0.15, 0.2) is 0 Å². The van der Waals surface area contributed by atoms with Gasteiger partial charge < -0.3 is 15.3 Å². The molecule has 8 nitrogen and oxygen atoms in total. The molecule has 2 N–H and O–H groups in total. The number of aliphatic carboxylic acids is 1. The van der Waals surface area contributed by atoms with Crippen LogP contribution < -0.4 is 5.32 Å². The number of carbonyl (C=O) groups excluding carboxylic acids is 1. The van der Waals surface area contributed by atoms with Gasteiger partial charge in [0.05, 0.1) is 12.7 Å². The minimum Gasteiger partial charge on any atom is -0.480 e. The van der Waals surface area contributed by atoms with E-state index in [0.29, 0.717) is 11.6 Å². The van der Waals surface area contributed by atoms with Gasteiger partial charge in [-0.2, -0.15) is 0 Å². The Kier molecular flexibility index (Phi) is 4.21. The molecule has 110 valence electrons. The zero-order chi connectivity index (χ0) is 14.7. The van der Waals surface area contributed by atoms with E-state index in [4.69, 9.17) is 5.11 Å². The fraction of sp³-hybridized carbons (Fsp3) is 0.667. The van der Waals surface area contributed by atoms with Crippen molar-refractivity contribution < 1.29 is 14.7 Å². The van der Waals surface area contributed by atoms with Crippen LogP contribution in [0, 0.1) is 5.92 Å². The minimum atomic E-state index is -0.983. The quantitative estimate of drug-likeness (QED) is 0.781. The molecule has 1 heterocycles. The molecule has 2 amide bonds. The molecular weight excluding hydrogens is 262 g/mol. The van der Waals surface area contributed by atoms with Crippen molar-refractivity contribution in [2.45, 2.75) is 38.9 Å². The molecule has 0 aliphatic heterocycles. The van der Waals surface area contributed by atoms with E-state index in [9.17, 15) is 9.59 Å². The Labute approximate surface area is 116 Å². The second-order valence-corrected chi connectivity index (χ2v) is 5.15. The van der Waals surface area contributed by atoms with Crippen molar-refractivity contribution in [2.24, 2.45) is 5.92 Å². The first kappa shape index (κ1) is 14.3. The van der Waals surface area contributed by atoms with Crippen LogP contribution in [-0.4, -0.2) is 50.1 Å². The Balaban J connectivity index is 1.80. The van der Waals surface area contributed by atoms with Crippen LogP contribution in [0.25, 0.3) is 0 Å². The van der Waals surface area contributed by atoms with Gasteiger partial charge in [-0.1, -0.05) is 5.21 Å². The number of urea groups is 1. The zero-order valence-corrected chi connectivity index (χ0v) is 11.6. The Morgan fingerprint density at radius 1 is 1.60 bits per heavy atom. The summed E-state index contributed by atoms with van der Waals surface area (Å²) in [5.41, 5.74) is 0.534. The summed E-state index contributed by atoms with van der Waals surface area (Å²) in [5.74, 6) is -0.370. The number of hydrogen-bond donors (Lipinski definition) is 2. The van der Waals surface area contributed by atoms with E-state index in [-0.39, 0.29) is 25.2 Å². The molecule has 1 aromatic heterocycles. The average molecular weight is 281 g/mol. The van der Waals surface area contributed by atoms with Gasteiger partial charge in [-0.3, -0.25) is 4.79 Å². The van der Waals surface area contributed by atoms with Crippen LogP contribution in [0.3, 0.4) is 0 Å². The van der Waals surface area contributed by atoms with Gasteiger partial charge >= 0.3 is 12.0 Å². The van der Waals surface area contributed by atoms with Crippen LogP contribution in [0.2, 0.25) is 0 Å². The molecule has 1 unspecified atom stereocenters. The molecule has 0 saturated heterocycles. The van der Waals surface area contributed by atoms with Crippen molar-refractivity contribution in [1.82, 2.24) is 25.2 Å². The topological polar surface area (TPSA) is 100 Å². The third-order valence-corrected chi connectivity index (χ3v) is 3.54. The second-order valence-electron chi connectivity index (χ2n) is 5.15. The predicted octanol–water partition coefficient (Wildman–Crippen LogP) is 0.303. The molecule has 8 heteroatoms. The van der Waals surface area contributed by atoms with Gasteiger partial charge in [0.1, 0.15) is 12.2 Å². The van der Waals surface area contributed by atoms with E-state index >= 15 is 0 Å². The lowest BCUT2D eigenvalue weighted by Gasteiger charge is -2.24. The van der Waals surface area contributed by atoms with E-state index in [1.165, 1.54) is 23.7 Å². The summed E-state index contributed by atoms with van der Waals surface area (Å²) in [5, 5.41) is 18.9. The SMILES string of the molecule is CC(C1CC1)N(C)C(=O)NCc1cn(CC(=O)O)nn1. The molecule has 1 saturated carbocycles. The number of carbonyl (C=O) groups is 2. The monoisotopic (exact) mass is 281 g/mol. The zero-order valence-electron chi connectivity index (χ0n) is 11.6. The molecule has 1 aliphatic carbocycles. The fourth-order valence-electron chi connectivity index (χ4n) is 2.01. The summed E-state index contributed by atoms with van der Waals surface area (Å²) in [7, 11) is 1.78. The number of amides is 2. The maximum atomic E-state index is 11.9. The van der Waals surface area contributed by atoms with E-state index < -0.39 is 5.97 Å². The molecular formula is C12H19N5O3. The van der Waals surface area contributed by atoms with Gasteiger partial charge in [-0.25, -0.2) is 9.48 Å². The first-order valence-electron chi connectivity index (χ1n) is 6.59. The van der Waals surface area contributed by atoms with Crippen molar-refractivity contribution in [3.05, 3.63) is 11.9 Å². The molecule has 0 bridgehead atoms. The number of rotatable bonds is 6. The highest BCUT2D eigenvalue weighted by molar-refractivity contribution is 5.74. The van der Waals surface area contributed by atoms with E-state index in [1.807, 2.05) is 6.92 Å². The Morgan fingerprint density at radius 3 is 2.90 bits per heavy atom. The molecule has 0 spiro atoms. The molecule has 1 fully saturated rings. The number of aromatic nitrogens is 3. The average Bonchev–Trinajstić information content (AvgIpc) is 3.16. The summed E-state index contributed by atoms with van der Waals surface area (Å²) in [6, 6.07) is 0.0786. The van der Waals surface area contributed by atoms with Crippen LogP contribution in [0.4, 0.5) is 4.79 Å². The van der Waals surface area contributed by atoms with Crippen molar-refractivity contribution in [2.75, 3.05) is 7.05 Å². The number of nitrogens with one attached hydrogen (secondary N) is 1. The van der Waals surface area contributed by atoms with Gasteiger partial charge in [0, 0.05) is 13.1 Å². The van der Waals surface area contributed by atoms with E-state index in [0.717, 1.165) is 0 Å². The molecule has 1 aromatic rings. The lowest BCUT2D eigenvalue weighted by Crippen LogP contribution is -2.43. The summed E-state index contributed by atoms with van der Waals surface area (Å²) in [4.78, 5) is 24.1. The van der Waals surface area contributed by atoms with Gasteiger partial charge in [0.2, 0.25) is 0 Å². The predicted molar refractivity (Wildman–Crippen MR) is 69.8 cm³/mol. The lowest BCUT2D eigenvalue weighted by molar-refractivity contribution is -0.137. The van der Waals surface area contributed by atoms with Crippen LogP contribution in [0.15, 0.2) is 6.20 Å². The first-order chi connectivity index (χ1) is 9.47. The highest BCUT2D eigenvalue weighted by atomic mass is 16.4. The van der Waals surface area contributed by atoms with Crippen molar-refractivity contribution in [1.29, 1.82) is 0 Å². The smallest absolute Gasteiger partial charge is 0.325 e. The third kappa shape index (κ3) is 3.69. The normalized spacial score (nSPS) is 15.7.